The van der Waals surface area contributed by atoms with E-state index in [0.717, 1.165) is 16.8 Å². The average Bonchev–Trinajstić information content (AvgIpc) is 2.34. The standard InChI is InChI=1S/C18H30BrNO/c1-13(2)15-10-14(19)8-9-16(15)21-12-18(6,7)11-20-17(3,4)5/h8-10,13,20H,11-12H2,1-7H3. The molecule has 21 heavy (non-hydrogen) atoms. The van der Waals surface area contributed by atoms with Gasteiger partial charge in [0.2, 0.25) is 0 Å². The van der Waals surface area contributed by atoms with E-state index in [2.05, 4.69) is 81.8 Å². The summed E-state index contributed by atoms with van der Waals surface area (Å²) in [5.74, 6) is 1.45. The lowest BCUT2D eigenvalue weighted by Gasteiger charge is -2.30. The Balaban J connectivity index is 2.70. The molecule has 2 nitrogen and oxygen atoms in total. The molecule has 0 atom stereocenters. The van der Waals surface area contributed by atoms with Gasteiger partial charge < -0.3 is 10.1 Å². The smallest absolute Gasteiger partial charge is 0.122 e. The molecular weight excluding hydrogens is 326 g/mol. The molecule has 0 bridgehead atoms. The van der Waals surface area contributed by atoms with Gasteiger partial charge >= 0.3 is 0 Å². The molecule has 1 N–H and O–H groups in total. The Hall–Kier alpha value is -0.540. The summed E-state index contributed by atoms with van der Waals surface area (Å²) in [6.07, 6.45) is 0. The topological polar surface area (TPSA) is 21.3 Å². The molecule has 0 aliphatic rings. The molecule has 0 radical (unpaired) electrons. The number of ether oxygens (including phenoxy) is 1. The summed E-state index contributed by atoms with van der Waals surface area (Å²) in [5, 5.41) is 3.56. The second-order valence-electron chi connectivity index (χ2n) is 7.89. The Morgan fingerprint density at radius 2 is 1.76 bits per heavy atom. The van der Waals surface area contributed by atoms with Gasteiger partial charge in [-0.05, 0) is 50.5 Å². The SMILES string of the molecule is CC(C)c1cc(Br)ccc1OCC(C)(C)CNC(C)(C)C. The molecule has 0 aromatic heterocycles. The fourth-order valence-electron chi connectivity index (χ4n) is 1.93. The second kappa shape index (κ2) is 7.15. The van der Waals surface area contributed by atoms with Crippen molar-refractivity contribution in [1.29, 1.82) is 0 Å². The quantitative estimate of drug-likeness (QED) is 0.740. The number of rotatable bonds is 6. The van der Waals surface area contributed by atoms with Crippen molar-refractivity contribution < 1.29 is 4.74 Å². The zero-order valence-electron chi connectivity index (χ0n) is 14.5. The molecule has 0 spiro atoms. The highest BCUT2D eigenvalue weighted by atomic mass is 79.9. The van der Waals surface area contributed by atoms with Crippen molar-refractivity contribution in [3.8, 4) is 5.75 Å². The summed E-state index contributed by atoms with van der Waals surface area (Å²) < 4.78 is 7.23. The Morgan fingerprint density at radius 3 is 2.29 bits per heavy atom. The largest absolute Gasteiger partial charge is 0.493 e. The second-order valence-corrected chi connectivity index (χ2v) is 8.81. The van der Waals surface area contributed by atoms with Crippen molar-refractivity contribution in [2.24, 2.45) is 5.41 Å². The van der Waals surface area contributed by atoms with E-state index in [1.807, 2.05) is 6.07 Å². The van der Waals surface area contributed by atoms with Crippen LogP contribution in [-0.4, -0.2) is 18.7 Å². The number of hydrogen-bond donors (Lipinski definition) is 1. The summed E-state index contributed by atoms with van der Waals surface area (Å²) in [4.78, 5) is 0. The molecule has 0 unspecified atom stereocenters. The minimum atomic E-state index is 0.0919. The van der Waals surface area contributed by atoms with Gasteiger partial charge in [-0.25, -0.2) is 0 Å². The molecule has 0 aliphatic carbocycles. The van der Waals surface area contributed by atoms with Crippen LogP contribution in [0.5, 0.6) is 5.75 Å². The summed E-state index contributed by atoms with van der Waals surface area (Å²) in [7, 11) is 0. The van der Waals surface area contributed by atoms with Crippen molar-refractivity contribution in [2.75, 3.05) is 13.2 Å². The van der Waals surface area contributed by atoms with Gasteiger partial charge in [0.25, 0.3) is 0 Å². The molecule has 1 rings (SSSR count). The normalized spacial score (nSPS) is 12.8. The highest BCUT2D eigenvalue weighted by Crippen LogP contribution is 2.30. The molecule has 0 saturated carbocycles. The highest BCUT2D eigenvalue weighted by molar-refractivity contribution is 9.10. The lowest BCUT2D eigenvalue weighted by atomic mass is 9.93. The van der Waals surface area contributed by atoms with Gasteiger partial charge in [0.1, 0.15) is 5.75 Å². The molecule has 120 valence electrons. The van der Waals surface area contributed by atoms with Crippen LogP contribution in [0.15, 0.2) is 22.7 Å². The third-order valence-corrected chi connectivity index (χ3v) is 3.80. The predicted octanol–water partition coefficient (Wildman–Crippen LogP) is 5.37. The van der Waals surface area contributed by atoms with E-state index in [4.69, 9.17) is 4.74 Å². The fourth-order valence-corrected chi connectivity index (χ4v) is 2.31. The van der Waals surface area contributed by atoms with Crippen molar-refractivity contribution in [3.05, 3.63) is 28.2 Å². The minimum Gasteiger partial charge on any atom is -0.493 e. The van der Waals surface area contributed by atoms with Gasteiger partial charge in [0.15, 0.2) is 0 Å². The third-order valence-electron chi connectivity index (χ3n) is 3.31. The van der Waals surface area contributed by atoms with Crippen molar-refractivity contribution in [2.45, 2.75) is 59.9 Å². The first-order valence-corrected chi connectivity index (χ1v) is 8.47. The van der Waals surface area contributed by atoms with Crippen LogP contribution in [-0.2, 0) is 0 Å². The van der Waals surface area contributed by atoms with Crippen LogP contribution in [0.25, 0.3) is 0 Å². The Labute approximate surface area is 138 Å². The van der Waals surface area contributed by atoms with Crippen LogP contribution in [0.2, 0.25) is 0 Å². The van der Waals surface area contributed by atoms with Crippen LogP contribution >= 0.6 is 15.9 Å². The number of hydrogen-bond acceptors (Lipinski definition) is 2. The first kappa shape index (κ1) is 18.5. The van der Waals surface area contributed by atoms with Crippen molar-refractivity contribution in [1.82, 2.24) is 5.32 Å². The Kier molecular flexibility index (Phi) is 6.30. The van der Waals surface area contributed by atoms with E-state index in [0.29, 0.717) is 12.5 Å². The first-order valence-electron chi connectivity index (χ1n) is 7.67. The lowest BCUT2D eigenvalue weighted by Crippen LogP contribution is -2.43. The van der Waals surface area contributed by atoms with Gasteiger partial charge in [0.05, 0.1) is 6.61 Å². The minimum absolute atomic E-state index is 0.0919. The molecule has 3 heteroatoms. The molecule has 0 aliphatic heterocycles. The molecule has 1 aromatic carbocycles. The third kappa shape index (κ3) is 6.84. The number of halogens is 1. The van der Waals surface area contributed by atoms with Crippen LogP contribution < -0.4 is 10.1 Å². The van der Waals surface area contributed by atoms with E-state index in [1.54, 1.807) is 0 Å². The summed E-state index contributed by atoms with van der Waals surface area (Å²) in [5.41, 5.74) is 1.48. The number of nitrogens with one attached hydrogen (secondary N) is 1. The molecule has 0 amide bonds. The monoisotopic (exact) mass is 355 g/mol. The lowest BCUT2D eigenvalue weighted by molar-refractivity contribution is 0.164. The van der Waals surface area contributed by atoms with E-state index < -0.39 is 0 Å². The zero-order valence-corrected chi connectivity index (χ0v) is 16.1. The Bertz CT molecular complexity index is 461. The summed E-state index contributed by atoms with van der Waals surface area (Å²) in [6, 6.07) is 6.26. The van der Waals surface area contributed by atoms with E-state index in [-0.39, 0.29) is 11.0 Å². The highest BCUT2D eigenvalue weighted by Gasteiger charge is 2.22. The maximum atomic E-state index is 6.12. The molecular formula is C18H30BrNO. The van der Waals surface area contributed by atoms with E-state index in [1.165, 1.54) is 5.56 Å². The van der Waals surface area contributed by atoms with Crippen molar-refractivity contribution >= 4 is 15.9 Å². The first-order chi connectivity index (χ1) is 9.50. The van der Waals surface area contributed by atoms with Crippen LogP contribution in [0.1, 0.15) is 59.9 Å². The molecule has 0 fully saturated rings. The van der Waals surface area contributed by atoms with Gasteiger partial charge in [0, 0.05) is 22.0 Å². The maximum absolute atomic E-state index is 6.12. The summed E-state index contributed by atoms with van der Waals surface area (Å²) in [6.45, 7) is 17.1. The van der Waals surface area contributed by atoms with Crippen LogP contribution in [0.4, 0.5) is 0 Å². The van der Waals surface area contributed by atoms with E-state index >= 15 is 0 Å². The molecule has 0 heterocycles. The number of benzene rings is 1. The van der Waals surface area contributed by atoms with Gasteiger partial charge in [-0.1, -0.05) is 43.6 Å². The molecule has 1 aromatic rings. The summed E-state index contributed by atoms with van der Waals surface area (Å²) >= 11 is 3.54. The van der Waals surface area contributed by atoms with Gasteiger partial charge in [-0.2, -0.15) is 0 Å². The zero-order chi connectivity index (χ0) is 16.3. The molecule has 0 saturated heterocycles. The fraction of sp³-hybridized carbons (Fsp3) is 0.667. The van der Waals surface area contributed by atoms with Crippen LogP contribution in [0.3, 0.4) is 0 Å². The average molecular weight is 356 g/mol. The van der Waals surface area contributed by atoms with Gasteiger partial charge in [-0.3, -0.25) is 0 Å². The van der Waals surface area contributed by atoms with Crippen LogP contribution in [0, 0.1) is 5.41 Å². The maximum Gasteiger partial charge on any atom is 0.122 e. The van der Waals surface area contributed by atoms with Crippen molar-refractivity contribution in [3.63, 3.8) is 0 Å². The van der Waals surface area contributed by atoms with E-state index in [9.17, 15) is 0 Å². The predicted molar refractivity (Wildman–Crippen MR) is 95.3 cm³/mol. The van der Waals surface area contributed by atoms with Gasteiger partial charge in [-0.15, -0.1) is 0 Å². The Morgan fingerprint density at radius 1 is 1.14 bits per heavy atom.